The summed E-state index contributed by atoms with van der Waals surface area (Å²) in [6.07, 6.45) is 26.1. The first-order chi connectivity index (χ1) is 13.6. The van der Waals surface area contributed by atoms with Crippen molar-refractivity contribution in [3.05, 3.63) is 58.9 Å². The minimum absolute atomic E-state index is 0.639. The van der Waals surface area contributed by atoms with E-state index in [4.69, 9.17) is 0 Å². The Hall–Kier alpha value is -1.50. The molecule has 0 aromatic carbocycles. The molecule has 4 rings (SSSR count). The highest BCUT2D eigenvalue weighted by Crippen LogP contribution is 2.38. The Kier molecular flexibility index (Phi) is 6.28. The van der Waals surface area contributed by atoms with Gasteiger partial charge in [0.05, 0.1) is 0 Å². The van der Waals surface area contributed by atoms with Gasteiger partial charge in [-0.1, -0.05) is 57.6 Å². The summed E-state index contributed by atoms with van der Waals surface area (Å²) in [5, 5.41) is 4.01. The summed E-state index contributed by atoms with van der Waals surface area (Å²) in [5.74, 6) is 3.09. The number of rotatable bonds is 4. The Morgan fingerprint density at radius 2 is 1.86 bits per heavy atom. The van der Waals surface area contributed by atoms with Crippen LogP contribution in [0.5, 0.6) is 0 Å². The monoisotopic (exact) mass is 377 g/mol. The van der Waals surface area contributed by atoms with Crippen LogP contribution < -0.4 is 5.32 Å². The van der Waals surface area contributed by atoms with E-state index in [1.54, 1.807) is 16.7 Å². The lowest BCUT2D eigenvalue weighted by Crippen LogP contribution is -2.39. The maximum absolute atomic E-state index is 4.01. The highest BCUT2D eigenvalue weighted by molar-refractivity contribution is 5.47. The van der Waals surface area contributed by atoms with Crippen molar-refractivity contribution in [2.24, 2.45) is 23.7 Å². The fraction of sp³-hybridized carbons (Fsp3) is 0.630. The van der Waals surface area contributed by atoms with Crippen LogP contribution in [0.3, 0.4) is 0 Å². The van der Waals surface area contributed by atoms with Gasteiger partial charge in [-0.3, -0.25) is 0 Å². The molecule has 4 aliphatic carbocycles. The Balaban J connectivity index is 1.55. The molecule has 0 saturated heterocycles. The predicted octanol–water partition coefficient (Wildman–Crippen LogP) is 7.25. The average molecular weight is 378 g/mol. The summed E-state index contributed by atoms with van der Waals surface area (Å²) in [5.41, 5.74) is 6.26. The molecule has 1 fully saturated rings. The van der Waals surface area contributed by atoms with Crippen LogP contribution in [0.25, 0.3) is 0 Å². The van der Waals surface area contributed by atoms with Gasteiger partial charge in [0.1, 0.15) is 0 Å². The maximum Gasteiger partial charge on any atom is 0.0374 e. The Morgan fingerprint density at radius 1 is 0.964 bits per heavy atom. The summed E-state index contributed by atoms with van der Waals surface area (Å²) in [4.78, 5) is 0. The first kappa shape index (κ1) is 19.8. The van der Waals surface area contributed by atoms with Gasteiger partial charge in [-0.2, -0.15) is 0 Å². The molecular weight excluding hydrogens is 338 g/mol. The lowest BCUT2D eigenvalue weighted by Gasteiger charge is -2.36. The highest BCUT2D eigenvalue weighted by Gasteiger charge is 2.27. The average Bonchev–Trinajstić information content (AvgIpc) is 2.71. The summed E-state index contributed by atoms with van der Waals surface area (Å²) in [6.45, 7) is 7.22. The van der Waals surface area contributed by atoms with Crippen molar-refractivity contribution in [1.29, 1.82) is 0 Å². The third-order valence-corrected chi connectivity index (χ3v) is 7.50. The maximum atomic E-state index is 4.01. The zero-order chi connectivity index (χ0) is 19.5. The predicted molar refractivity (Wildman–Crippen MR) is 121 cm³/mol. The number of hydrogen-bond donors (Lipinski definition) is 1. The molecule has 0 aromatic rings. The number of allylic oxidation sites excluding steroid dienone is 9. The van der Waals surface area contributed by atoms with Crippen LogP contribution in [0.4, 0.5) is 0 Å². The Morgan fingerprint density at radius 3 is 2.71 bits per heavy atom. The van der Waals surface area contributed by atoms with E-state index >= 15 is 0 Å². The van der Waals surface area contributed by atoms with Crippen LogP contribution in [-0.4, -0.2) is 6.04 Å². The Labute approximate surface area is 172 Å². The van der Waals surface area contributed by atoms with Gasteiger partial charge in [-0.15, -0.1) is 0 Å². The molecule has 1 nitrogen and oxygen atoms in total. The quantitative estimate of drug-likeness (QED) is 0.509. The molecule has 0 aromatic heterocycles. The van der Waals surface area contributed by atoms with Gasteiger partial charge in [0.25, 0.3) is 0 Å². The molecule has 5 atom stereocenters. The smallest absolute Gasteiger partial charge is 0.0374 e. The van der Waals surface area contributed by atoms with E-state index < -0.39 is 0 Å². The first-order valence-electron chi connectivity index (χ1n) is 11.8. The second-order valence-corrected chi connectivity index (χ2v) is 9.97. The van der Waals surface area contributed by atoms with E-state index in [9.17, 15) is 0 Å². The molecule has 4 aliphatic rings. The third-order valence-electron chi connectivity index (χ3n) is 7.50. The Bertz CT molecular complexity index is 717. The molecule has 0 aliphatic heterocycles. The molecule has 1 N–H and O–H groups in total. The summed E-state index contributed by atoms with van der Waals surface area (Å²) < 4.78 is 0. The standard InChI is InChI=1S/C27H39N/c1-19-8-6-9-22(16-19)23-10-7-11-24(18-23)25-12-4-5-13-26(25)28-27-17-20(2)14-15-21(27)3/h5-6,8,10,13,18-22,27-28H,4,7,9,11-12,14-17H2,1-3H3. The molecular formula is C27H39N. The fourth-order valence-electron chi connectivity index (χ4n) is 5.69. The molecule has 1 heteroatoms. The lowest BCUT2D eigenvalue weighted by atomic mass is 9.78. The van der Waals surface area contributed by atoms with Crippen LogP contribution >= 0.6 is 0 Å². The zero-order valence-electron chi connectivity index (χ0n) is 18.2. The molecule has 152 valence electrons. The van der Waals surface area contributed by atoms with Gasteiger partial charge < -0.3 is 5.32 Å². The van der Waals surface area contributed by atoms with Crippen LogP contribution in [0, 0.1) is 23.7 Å². The van der Waals surface area contributed by atoms with Crippen LogP contribution in [0.1, 0.15) is 78.6 Å². The van der Waals surface area contributed by atoms with E-state index in [1.807, 2.05) is 0 Å². The van der Waals surface area contributed by atoms with E-state index in [0.717, 1.165) is 23.7 Å². The first-order valence-corrected chi connectivity index (χ1v) is 11.8. The molecule has 0 spiro atoms. The van der Waals surface area contributed by atoms with E-state index in [-0.39, 0.29) is 0 Å². The summed E-state index contributed by atoms with van der Waals surface area (Å²) in [6, 6.07) is 0.639. The number of hydrogen-bond acceptors (Lipinski definition) is 1. The fourth-order valence-corrected chi connectivity index (χ4v) is 5.69. The van der Waals surface area contributed by atoms with Crippen molar-refractivity contribution >= 4 is 0 Å². The van der Waals surface area contributed by atoms with Crippen molar-refractivity contribution in [3.63, 3.8) is 0 Å². The van der Waals surface area contributed by atoms with Crippen molar-refractivity contribution < 1.29 is 0 Å². The van der Waals surface area contributed by atoms with Gasteiger partial charge in [-0.05, 0) is 97.8 Å². The second kappa shape index (κ2) is 8.89. The summed E-state index contributed by atoms with van der Waals surface area (Å²) in [7, 11) is 0. The third kappa shape index (κ3) is 4.56. The minimum Gasteiger partial charge on any atom is -0.382 e. The topological polar surface area (TPSA) is 12.0 Å². The van der Waals surface area contributed by atoms with Gasteiger partial charge in [0, 0.05) is 11.7 Å². The van der Waals surface area contributed by atoms with Gasteiger partial charge in [0.2, 0.25) is 0 Å². The SMILES string of the molecule is CC1C=CCC(C2=CCCC(C3=C(NC4CC(C)CCC4C)C=CCC3)=C2)C1. The molecule has 0 heterocycles. The normalized spacial score (nSPS) is 36.2. The van der Waals surface area contributed by atoms with Crippen LogP contribution in [-0.2, 0) is 0 Å². The van der Waals surface area contributed by atoms with Crippen molar-refractivity contribution in [2.45, 2.75) is 84.6 Å². The van der Waals surface area contributed by atoms with E-state index in [2.05, 4.69) is 62.5 Å². The van der Waals surface area contributed by atoms with Crippen LogP contribution in [0.15, 0.2) is 58.9 Å². The van der Waals surface area contributed by atoms with Crippen LogP contribution in [0.2, 0.25) is 0 Å². The minimum atomic E-state index is 0.639. The van der Waals surface area contributed by atoms with Gasteiger partial charge in [0.15, 0.2) is 0 Å². The number of nitrogens with one attached hydrogen (secondary N) is 1. The van der Waals surface area contributed by atoms with Gasteiger partial charge >= 0.3 is 0 Å². The molecule has 0 amide bonds. The molecule has 5 unspecified atom stereocenters. The highest BCUT2D eigenvalue weighted by atomic mass is 14.9. The lowest BCUT2D eigenvalue weighted by molar-refractivity contribution is 0.240. The largest absolute Gasteiger partial charge is 0.382 e. The zero-order valence-corrected chi connectivity index (χ0v) is 18.2. The van der Waals surface area contributed by atoms with E-state index in [0.29, 0.717) is 6.04 Å². The molecule has 0 bridgehead atoms. The van der Waals surface area contributed by atoms with Crippen molar-refractivity contribution in [3.8, 4) is 0 Å². The molecule has 28 heavy (non-hydrogen) atoms. The molecule has 1 saturated carbocycles. The van der Waals surface area contributed by atoms with Crippen molar-refractivity contribution in [1.82, 2.24) is 5.32 Å². The van der Waals surface area contributed by atoms with Crippen molar-refractivity contribution in [2.75, 3.05) is 0 Å². The van der Waals surface area contributed by atoms with Gasteiger partial charge in [-0.25, -0.2) is 0 Å². The van der Waals surface area contributed by atoms with E-state index in [1.165, 1.54) is 63.5 Å². The molecule has 0 radical (unpaired) electrons. The summed E-state index contributed by atoms with van der Waals surface area (Å²) >= 11 is 0. The second-order valence-electron chi connectivity index (χ2n) is 9.97.